The minimum Gasteiger partial charge on any atom is -0.372 e. The van der Waals surface area contributed by atoms with E-state index in [1.807, 2.05) is 18.2 Å². The summed E-state index contributed by atoms with van der Waals surface area (Å²) < 4.78 is 0. The Kier molecular flexibility index (Phi) is 4.90. The van der Waals surface area contributed by atoms with Crippen molar-refractivity contribution >= 4 is 33.8 Å². The van der Waals surface area contributed by atoms with Crippen molar-refractivity contribution in [2.24, 2.45) is 0 Å². The fourth-order valence-electron chi connectivity index (χ4n) is 2.32. The van der Waals surface area contributed by atoms with E-state index in [2.05, 4.69) is 15.3 Å². The largest absolute Gasteiger partial charge is 0.372 e. The monoisotopic (exact) mass is 369 g/mol. The van der Waals surface area contributed by atoms with E-state index in [-0.39, 0.29) is 11.3 Å². The van der Waals surface area contributed by atoms with Crippen molar-refractivity contribution in [2.45, 2.75) is 0 Å². The quantitative estimate of drug-likeness (QED) is 0.546. The first-order valence-electron chi connectivity index (χ1n) is 7.60. The average molecular weight is 369 g/mol. The molecule has 26 heavy (non-hydrogen) atoms. The first-order chi connectivity index (χ1) is 12.5. The van der Waals surface area contributed by atoms with Gasteiger partial charge in [0, 0.05) is 37.3 Å². The number of thiazole rings is 1. The van der Waals surface area contributed by atoms with Crippen LogP contribution in [0, 0.1) is 10.1 Å². The van der Waals surface area contributed by atoms with Crippen molar-refractivity contribution in [3.63, 3.8) is 0 Å². The van der Waals surface area contributed by atoms with Gasteiger partial charge >= 0.3 is 0 Å². The summed E-state index contributed by atoms with van der Waals surface area (Å²) in [7, 11) is 3.41. The molecule has 1 N–H and O–H groups in total. The topological polar surface area (TPSA) is 101 Å². The van der Waals surface area contributed by atoms with Gasteiger partial charge in [-0.15, -0.1) is 11.3 Å². The molecule has 2 aromatic heterocycles. The molecule has 3 aromatic rings. The van der Waals surface area contributed by atoms with E-state index in [0.29, 0.717) is 22.2 Å². The van der Waals surface area contributed by atoms with Crippen LogP contribution in [-0.2, 0) is 0 Å². The number of hydrogen-bond donors (Lipinski definition) is 1. The van der Waals surface area contributed by atoms with Crippen molar-refractivity contribution in [3.05, 3.63) is 63.7 Å². The second-order valence-electron chi connectivity index (χ2n) is 5.56. The van der Waals surface area contributed by atoms with Crippen LogP contribution >= 0.6 is 11.3 Å². The lowest BCUT2D eigenvalue weighted by Gasteiger charge is -2.13. The highest BCUT2D eigenvalue weighted by molar-refractivity contribution is 7.14. The van der Waals surface area contributed by atoms with Crippen LogP contribution in [0.15, 0.2) is 48.0 Å². The molecule has 0 aliphatic rings. The van der Waals surface area contributed by atoms with Crippen LogP contribution in [-0.4, -0.2) is 34.9 Å². The van der Waals surface area contributed by atoms with Gasteiger partial charge in [0.2, 0.25) is 0 Å². The molecule has 3 rings (SSSR count). The number of nitro groups is 1. The molecule has 2 heterocycles. The first kappa shape index (κ1) is 17.5. The maximum Gasteiger partial charge on any atom is 0.293 e. The zero-order chi connectivity index (χ0) is 18.7. The summed E-state index contributed by atoms with van der Waals surface area (Å²) in [4.78, 5) is 33.3. The summed E-state index contributed by atoms with van der Waals surface area (Å²) in [5.74, 6) is -0.458. The first-order valence-corrected chi connectivity index (χ1v) is 8.47. The van der Waals surface area contributed by atoms with Crippen LogP contribution in [0.5, 0.6) is 0 Å². The lowest BCUT2D eigenvalue weighted by molar-refractivity contribution is -0.384. The van der Waals surface area contributed by atoms with Gasteiger partial charge in [0.15, 0.2) is 5.13 Å². The Bertz CT molecular complexity index is 956. The summed E-state index contributed by atoms with van der Waals surface area (Å²) in [5.41, 5.74) is 1.85. The summed E-state index contributed by atoms with van der Waals surface area (Å²) >= 11 is 1.26. The number of pyridine rings is 1. The van der Waals surface area contributed by atoms with Gasteiger partial charge in [0.25, 0.3) is 11.6 Å². The fourth-order valence-corrected chi connectivity index (χ4v) is 3.02. The fraction of sp³-hybridized carbons (Fsp3) is 0.118. The normalized spacial score (nSPS) is 10.4. The zero-order valence-electron chi connectivity index (χ0n) is 14.0. The average Bonchev–Trinajstić information content (AvgIpc) is 3.10. The van der Waals surface area contributed by atoms with Crippen LogP contribution in [0.1, 0.15) is 10.4 Å². The van der Waals surface area contributed by atoms with Crippen molar-refractivity contribution in [1.29, 1.82) is 0 Å². The van der Waals surface area contributed by atoms with E-state index in [4.69, 9.17) is 0 Å². The third-order valence-corrected chi connectivity index (χ3v) is 4.33. The number of nitro benzene ring substituents is 1. The lowest BCUT2D eigenvalue weighted by Crippen LogP contribution is -2.14. The second-order valence-corrected chi connectivity index (χ2v) is 6.42. The minimum absolute atomic E-state index is 0.129. The Hall–Kier alpha value is -3.33. The Balaban J connectivity index is 1.81. The molecule has 1 amide bonds. The molecule has 0 fully saturated rings. The Morgan fingerprint density at radius 3 is 2.69 bits per heavy atom. The van der Waals surface area contributed by atoms with E-state index in [1.165, 1.54) is 17.4 Å². The number of benzene rings is 1. The molecule has 1 aromatic carbocycles. The molecule has 0 spiro atoms. The molecule has 0 aliphatic heterocycles. The Morgan fingerprint density at radius 2 is 2.04 bits per heavy atom. The minimum atomic E-state index is -0.505. The standard InChI is InChI=1S/C17H15N5O3S/c1-21(2)14-7-6-11(9-15(14)22(24)25)16(23)20-17-19-13(10-26-17)12-5-3-4-8-18-12/h3-10H,1-2H3,(H,19,20,23). The van der Waals surface area contributed by atoms with E-state index in [1.54, 1.807) is 42.7 Å². The molecule has 0 saturated heterocycles. The maximum atomic E-state index is 12.4. The van der Waals surface area contributed by atoms with Crippen LogP contribution in [0.25, 0.3) is 11.4 Å². The highest BCUT2D eigenvalue weighted by atomic mass is 32.1. The number of anilines is 2. The molecular weight excluding hydrogens is 354 g/mol. The van der Waals surface area contributed by atoms with Crippen LogP contribution < -0.4 is 10.2 Å². The van der Waals surface area contributed by atoms with Gasteiger partial charge in [-0.25, -0.2) is 4.98 Å². The van der Waals surface area contributed by atoms with Gasteiger partial charge < -0.3 is 4.90 Å². The zero-order valence-corrected chi connectivity index (χ0v) is 14.9. The van der Waals surface area contributed by atoms with Gasteiger partial charge in [0.1, 0.15) is 11.4 Å². The third-order valence-electron chi connectivity index (χ3n) is 3.57. The lowest BCUT2D eigenvalue weighted by atomic mass is 10.1. The number of carbonyl (C=O) groups is 1. The summed E-state index contributed by atoms with van der Waals surface area (Å²) in [5, 5.41) is 16.1. The molecule has 0 aliphatic carbocycles. The molecule has 0 bridgehead atoms. The highest BCUT2D eigenvalue weighted by Crippen LogP contribution is 2.28. The molecular formula is C17H15N5O3S. The van der Waals surface area contributed by atoms with Gasteiger partial charge in [-0.2, -0.15) is 0 Å². The SMILES string of the molecule is CN(C)c1ccc(C(=O)Nc2nc(-c3ccccn3)cs2)cc1[N+](=O)[O-]. The molecule has 0 radical (unpaired) electrons. The molecule has 0 unspecified atom stereocenters. The summed E-state index contributed by atoms with van der Waals surface area (Å²) in [6.07, 6.45) is 1.67. The summed E-state index contributed by atoms with van der Waals surface area (Å²) in [6, 6.07) is 9.84. The number of amides is 1. The maximum absolute atomic E-state index is 12.4. The van der Waals surface area contributed by atoms with Crippen LogP contribution in [0.4, 0.5) is 16.5 Å². The van der Waals surface area contributed by atoms with E-state index in [0.717, 1.165) is 0 Å². The second kappa shape index (κ2) is 7.28. The van der Waals surface area contributed by atoms with Crippen molar-refractivity contribution < 1.29 is 9.72 Å². The van der Waals surface area contributed by atoms with Gasteiger partial charge in [-0.3, -0.25) is 25.2 Å². The van der Waals surface area contributed by atoms with Crippen LogP contribution in [0.3, 0.4) is 0 Å². The Morgan fingerprint density at radius 1 is 1.23 bits per heavy atom. The predicted molar refractivity (Wildman–Crippen MR) is 101 cm³/mol. The van der Waals surface area contributed by atoms with E-state index in [9.17, 15) is 14.9 Å². The van der Waals surface area contributed by atoms with Crippen molar-refractivity contribution in [2.75, 3.05) is 24.3 Å². The van der Waals surface area contributed by atoms with E-state index >= 15 is 0 Å². The van der Waals surface area contributed by atoms with Gasteiger partial charge in [-0.05, 0) is 24.3 Å². The summed E-state index contributed by atoms with van der Waals surface area (Å²) in [6.45, 7) is 0. The number of nitrogens with zero attached hydrogens (tertiary/aromatic N) is 4. The molecule has 8 nitrogen and oxygen atoms in total. The molecule has 9 heteroatoms. The third kappa shape index (κ3) is 3.67. The Labute approximate surface area is 153 Å². The number of hydrogen-bond acceptors (Lipinski definition) is 7. The van der Waals surface area contributed by atoms with Gasteiger partial charge in [0.05, 0.1) is 10.6 Å². The number of carbonyl (C=O) groups excluding carboxylic acids is 1. The number of aromatic nitrogens is 2. The van der Waals surface area contributed by atoms with Crippen LogP contribution in [0.2, 0.25) is 0 Å². The highest BCUT2D eigenvalue weighted by Gasteiger charge is 2.19. The molecule has 0 saturated carbocycles. The molecule has 0 atom stereocenters. The van der Waals surface area contributed by atoms with Gasteiger partial charge in [-0.1, -0.05) is 6.07 Å². The smallest absolute Gasteiger partial charge is 0.293 e. The number of nitrogens with one attached hydrogen (secondary N) is 1. The number of rotatable bonds is 5. The molecule has 132 valence electrons. The van der Waals surface area contributed by atoms with E-state index < -0.39 is 10.8 Å². The van der Waals surface area contributed by atoms with Crippen molar-refractivity contribution in [3.8, 4) is 11.4 Å². The predicted octanol–water partition coefficient (Wildman–Crippen LogP) is 3.43. The van der Waals surface area contributed by atoms with Crippen molar-refractivity contribution in [1.82, 2.24) is 9.97 Å².